The summed E-state index contributed by atoms with van der Waals surface area (Å²) in [5.74, 6) is -0.0492. The fraction of sp³-hybridized carbons (Fsp3) is 0.462. The van der Waals surface area contributed by atoms with E-state index in [2.05, 4.69) is 25.5 Å². The summed E-state index contributed by atoms with van der Waals surface area (Å²) in [6.45, 7) is 4.00. The van der Waals surface area contributed by atoms with Gasteiger partial charge in [-0.05, 0) is 12.8 Å². The molecule has 7 nitrogen and oxygen atoms in total. The molecule has 0 aliphatic carbocycles. The summed E-state index contributed by atoms with van der Waals surface area (Å²) < 4.78 is 0. The van der Waals surface area contributed by atoms with Crippen molar-refractivity contribution in [1.82, 2.24) is 20.2 Å². The number of aromatic nitrogens is 4. The maximum absolute atomic E-state index is 11.9. The number of hydrogen-bond acceptors (Lipinski definition) is 7. The summed E-state index contributed by atoms with van der Waals surface area (Å²) in [6.07, 6.45) is 2.45. The van der Waals surface area contributed by atoms with Crippen LogP contribution < -0.4 is 10.9 Å². The van der Waals surface area contributed by atoms with Gasteiger partial charge in [0.05, 0.1) is 5.75 Å². The Morgan fingerprint density at radius 1 is 1.41 bits per heavy atom. The van der Waals surface area contributed by atoms with Crippen molar-refractivity contribution >= 4 is 34.1 Å². The van der Waals surface area contributed by atoms with E-state index in [0.29, 0.717) is 10.3 Å². The van der Waals surface area contributed by atoms with Gasteiger partial charge in [0, 0.05) is 11.8 Å². The van der Waals surface area contributed by atoms with Gasteiger partial charge < -0.3 is 4.98 Å². The minimum Gasteiger partial charge on any atom is -0.301 e. The van der Waals surface area contributed by atoms with Crippen molar-refractivity contribution in [1.29, 1.82) is 0 Å². The summed E-state index contributed by atoms with van der Waals surface area (Å²) in [5, 5.41) is 12.3. The van der Waals surface area contributed by atoms with E-state index in [-0.39, 0.29) is 17.2 Å². The number of amides is 1. The van der Waals surface area contributed by atoms with Gasteiger partial charge in [-0.15, -0.1) is 10.2 Å². The molecule has 0 atom stereocenters. The lowest BCUT2D eigenvalue weighted by atomic mass is 10.2. The van der Waals surface area contributed by atoms with Crippen molar-refractivity contribution in [2.45, 2.75) is 38.3 Å². The first kappa shape index (κ1) is 16.6. The molecule has 2 N–H and O–H groups in total. The summed E-state index contributed by atoms with van der Waals surface area (Å²) in [7, 11) is 0. The lowest BCUT2D eigenvalue weighted by molar-refractivity contribution is -0.113. The van der Waals surface area contributed by atoms with Gasteiger partial charge in [0.2, 0.25) is 11.0 Å². The van der Waals surface area contributed by atoms with Crippen molar-refractivity contribution in [3.05, 3.63) is 27.1 Å². The van der Waals surface area contributed by atoms with Crippen LogP contribution in [0.15, 0.2) is 16.0 Å². The number of anilines is 1. The molecule has 9 heteroatoms. The first-order valence-corrected chi connectivity index (χ1v) is 8.76. The molecular weight excluding hydrogens is 322 g/mol. The molecule has 1 amide bonds. The molecular formula is C13H17N5O2S2. The van der Waals surface area contributed by atoms with Crippen molar-refractivity contribution in [2.75, 3.05) is 11.1 Å². The fourth-order valence-corrected chi connectivity index (χ4v) is 3.06. The molecule has 0 aromatic carbocycles. The van der Waals surface area contributed by atoms with Crippen LogP contribution in [-0.2, 0) is 17.6 Å². The van der Waals surface area contributed by atoms with E-state index in [4.69, 9.17) is 0 Å². The van der Waals surface area contributed by atoms with E-state index in [1.807, 2.05) is 13.8 Å². The van der Waals surface area contributed by atoms with E-state index in [0.717, 1.165) is 30.0 Å². The second-order valence-corrected chi connectivity index (χ2v) is 6.51. The predicted molar refractivity (Wildman–Crippen MR) is 87.5 cm³/mol. The lowest BCUT2D eigenvalue weighted by Crippen LogP contribution is -2.15. The number of hydrogen-bond donors (Lipinski definition) is 2. The van der Waals surface area contributed by atoms with Gasteiger partial charge >= 0.3 is 0 Å². The Hall–Kier alpha value is -1.74. The molecule has 22 heavy (non-hydrogen) atoms. The Morgan fingerprint density at radius 3 is 2.91 bits per heavy atom. The number of nitrogens with zero attached hydrogens (tertiary/aromatic N) is 3. The third kappa shape index (κ3) is 4.92. The molecule has 2 heterocycles. The summed E-state index contributed by atoms with van der Waals surface area (Å²) in [4.78, 5) is 30.3. The maximum Gasteiger partial charge on any atom is 0.251 e. The van der Waals surface area contributed by atoms with Crippen molar-refractivity contribution in [2.24, 2.45) is 0 Å². The Morgan fingerprint density at radius 2 is 2.23 bits per heavy atom. The van der Waals surface area contributed by atoms with E-state index in [1.165, 1.54) is 29.2 Å². The molecule has 0 bridgehead atoms. The second kappa shape index (κ2) is 8.04. The normalized spacial score (nSPS) is 10.6. The largest absolute Gasteiger partial charge is 0.301 e. The second-order valence-electron chi connectivity index (χ2n) is 4.48. The standard InChI is InChI=1S/C13H17N5O2S2/c1-3-5-8-6-9(19)15-12(14-8)21-7-10(20)16-13-18-17-11(4-2)22-13/h6H,3-5,7H2,1-2H3,(H,14,15,19)(H,16,18,20). The topological polar surface area (TPSA) is 101 Å². The van der Waals surface area contributed by atoms with Gasteiger partial charge in [0.15, 0.2) is 5.16 Å². The number of thioether (sulfide) groups is 1. The summed E-state index contributed by atoms with van der Waals surface area (Å²) in [6, 6.07) is 1.49. The Labute approximate surface area is 136 Å². The number of aromatic amines is 1. The monoisotopic (exact) mass is 339 g/mol. The summed E-state index contributed by atoms with van der Waals surface area (Å²) >= 11 is 2.55. The molecule has 0 spiro atoms. The quantitative estimate of drug-likeness (QED) is 0.590. The van der Waals surface area contributed by atoms with Crippen LogP contribution in [0.5, 0.6) is 0 Å². The van der Waals surface area contributed by atoms with Crippen molar-refractivity contribution in [3.63, 3.8) is 0 Å². The molecule has 118 valence electrons. The Bertz CT molecular complexity index is 698. The summed E-state index contributed by atoms with van der Waals surface area (Å²) in [5.41, 5.74) is 0.545. The van der Waals surface area contributed by atoms with E-state index in [9.17, 15) is 9.59 Å². The zero-order valence-corrected chi connectivity index (χ0v) is 14.0. The number of carbonyl (C=O) groups is 1. The van der Waals surface area contributed by atoms with Gasteiger partial charge in [-0.2, -0.15) is 0 Å². The van der Waals surface area contributed by atoms with E-state index >= 15 is 0 Å². The van der Waals surface area contributed by atoms with Crippen LogP contribution in [-0.4, -0.2) is 31.8 Å². The van der Waals surface area contributed by atoms with Crippen molar-refractivity contribution < 1.29 is 4.79 Å². The smallest absolute Gasteiger partial charge is 0.251 e. The molecule has 2 aromatic rings. The molecule has 0 fully saturated rings. The Kier molecular flexibility index (Phi) is 6.08. The molecule has 2 aromatic heterocycles. The molecule has 0 saturated heterocycles. The van der Waals surface area contributed by atoms with E-state index in [1.54, 1.807) is 0 Å². The lowest BCUT2D eigenvalue weighted by Gasteiger charge is -2.03. The molecule has 2 rings (SSSR count). The Balaban J connectivity index is 1.91. The van der Waals surface area contributed by atoms with Gasteiger partial charge in [0.1, 0.15) is 5.01 Å². The fourth-order valence-electron chi connectivity index (χ4n) is 1.67. The predicted octanol–water partition coefficient (Wildman–Crippen LogP) is 1.87. The van der Waals surface area contributed by atoms with Gasteiger partial charge in [-0.1, -0.05) is 43.4 Å². The minimum atomic E-state index is -0.202. The molecule has 0 aliphatic rings. The van der Waals surface area contributed by atoms with Gasteiger partial charge in [0.25, 0.3) is 5.56 Å². The first-order chi connectivity index (χ1) is 10.6. The van der Waals surface area contributed by atoms with Crippen LogP contribution in [0, 0.1) is 0 Å². The van der Waals surface area contributed by atoms with Crippen LogP contribution in [0.2, 0.25) is 0 Å². The van der Waals surface area contributed by atoms with E-state index < -0.39 is 0 Å². The van der Waals surface area contributed by atoms with Gasteiger partial charge in [-0.3, -0.25) is 14.9 Å². The van der Waals surface area contributed by atoms with Crippen LogP contribution >= 0.6 is 23.1 Å². The SMILES string of the molecule is CCCc1cc(=O)[nH]c(SCC(=O)Nc2nnc(CC)s2)n1. The first-order valence-electron chi connectivity index (χ1n) is 6.96. The van der Waals surface area contributed by atoms with Gasteiger partial charge in [-0.25, -0.2) is 4.98 Å². The van der Waals surface area contributed by atoms with Crippen LogP contribution in [0.4, 0.5) is 5.13 Å². The van der Waals surface area contributed by atoms with Crippen LogP contribution in [0.25, 0.3) is 0 Å². The number of carbonyl (C=O) groups excluding carboxylic acids is 1. The minimum absolute atomic E-state index is 0.152. The molecule has 0 saturated carbocycles. The molecule has 0 aliphatic heterocycles. The number of H-pyrrole nitrogens is 1. The highest BCUT2D eigenvalue weighted by Gasteiger charge is 2.09. The highest BCUT2D eigenvalue weighted by molar-refractivity contribution is 7.99. The number of rotatable bonds is 7. The average molecular weight is 339 g/mol. The third-order valence-corrected chi connectivity index (χ3v) is 4.49. The van der Waals surface area contributed by atoms with Crippen LogP contribution in [0.3, 0.4) is 0 Å². The van der Waals surface area contributed by atoms with Crippen molar-refractivity contribution in [3.8, 4) is 0 Å². The number of nitrogens with one attached hydrogen (secondary N) is 2. The highest BCUT2D eigenvalue weighted by Crippen LogP contribution is 2.17. The average Bonchev–Trinajstić information content (AvgIpc) is 2.92. The molecule has 0 unspecified atom stereocenters. The third-order valence-electron chi connectivity index (χ3n) is 2.63. The zero-order valence-electron chi connectivity index (χ0n) is 12.4. The maximum atomic E-state index is 11.9. The zero-order chi connectivity index (χ0) is 15.9. The molecule has 0 radical (unpaired) electrons. The highest BCUT2D eigenvalue weighted by atomic mass is 32.2. The van der Waals surface area contributed by atoms with Crippen LogP contribution in [0.1, 0.15) is 31.0 Å². The number of aryl methyl sites for hydroxylation is 2.